The van der Waals surface area contributed by atoms with Crippen molar-refractivity contribution in [1.82, 2.24) is 20.0 Å². The largest absolute Gasteiger partial charge is 0.343 e. The number of amides is 3. The van der Waals surface area contributed by atoms with Gasteiger partial charge in [0, 0.05) is 32.4 Å². The maximum atomic E-state index is 13.2. The first kappa shape index (κ1) is 19.2. The Bertz CT molecular complexity index is 777. The summed E-state index contributed by atoms with van der Waals surface area (Å²) in [5.41, 5.74) is 3.62. The van der Waals surface area contributed by atoms with E-state index < -0.39 is 0 Å². The third-order valence-electron chi connectivity index (χ3n) is 6.07. The Morgan fingerprint density at radius 2 is 1.79 bits per heavy atom. The van der Waals surface area contributed by atoms with Crippen LogP contribution in [0.3, 0.4) is 0 Å². The Morgan fingerprint density at radius 3 is 2.43 bits per heavy atom. The standard InChI is InChI=1S/C21H31N5O2/c1-6-7-24-19(27)17-18(23(5)21(24)28)22-20-25(11-15(4)12-26(17)20)16-9-13(2)8-14(3)10-16/h8-10,15,17-18,20,22H,6-7,11-12H2,1-5H3. The van der Waals surface area contributed by atoms with Crippen LogP contribution in [0, 0.1) is 19.8 Å². The van der Waals surface area contributed by atoms with Crippen molar-refractivity contribution in [2.45, 2.75) is 52.6 Å². The van der Waals surface area contributed by atoms with Gasteiger partial charge in [0.2, 0.25) is 0 Å². The molecule has 3 aliphatic heterocycles. The maximum absolute atomic E-state index is 13.2. The number of anilines is 1. The molecule has 0 saturated carbocycles. The molecule has 0 bridgehead atoms. The Kier molecular flexibility index (Phi) is 4.83. The Balaban J connectivity index is 1.70. The van der Waals surface area contributed by atoms with Crippen LogP contribution in [-0.4, -0.2) is 71.8 Å². The lowest BCUT2D eigenvalue weighted by Crippen LogP contribution is -2.66. The van der Waals surface area contributed by atoms with E-state index in [1.54, 1.807) is 11.9 Å². The van der Waals surface area contributed by atoms with Gasteiger partial charge in [-0.3, -0.25) is 19.9 Å². The second-order valence-electron chi connectivity index (χ2n) is 8.61. The Hall–Kier alpha value is -2.12. The average molecular weight is 386 g/mol. The number of urea groups is 1. The van der Waals surface area contributed by atoms with Crippen LogP contribution in [0.2, 0.25) is 0 Å². The molecule has 0 radical (unpaired) electrons. The van der Waals surface area contributed by atoms with Crippen LogP contribution < -0.4 is 10.2 Å². The molecule has 28 heavy (non-hydrogen) atoms. The zero-order chi connectivity index (χ0) is 20.2. The van der Waals surface area contributed by atoms with Crippen molar-refractivity contribution >= 4 is 17.6 Å². The first-order valence-corrected chi connectivity index (χ1v) is 10.3. The minimum Gasteiger partial charge on any atom is -0.343 e. The number of likely N-dealkylation sites (N-methyl/N-ethyl adjacent to an activating group) is 1. The molecule has 1 aromatic carbocycles. The van der Waals surface area contributed by atoms with Crippen molar-refractivity contribution in [3.63, 3.8) is 0 Å². The molecule has 152 valence electrons. The van der Waals surface area contributed by atoms with Gasteiger partial charge in [-0.15, -0.1) is 0 Å². The minimum absolute atomic E-state index is 0.0700. The molecular weight excluding hydrogens is 354 g/mol. The number of hydrogen-bond acceptors (Lipinski definition) is 5. The predicted molar refractivity (Wildman–Crippen MR) is 109 cm³/mol. The van der Waals surface area contributed by atoms with Crippen LogP contribution in [0.1, 0.15) is 31.4 Å². The highest BCUT2D eigenvalue weighted by atomic mass is 16.2. The zero-order valence-corrected chi connectivity index (χ0v) is 17.5. The molecule has 3 aliphatic rings. The summed E-state index contributed by atoms with van der Waals surface area (Å²) in [6.45, 7) is 10.7. The van der Waals surface area contributed by atoms with Gasteiger partial charge in [-0.1, -0.05) is 19.9 Å². The van der Waals surface area contributed by atoms with E-state index in [0.717, 1.165) is 25.2 Å². The van der Waals surface area contributed by atoms with Gasteiger partial charge in [0.15, 0.2) is 0 Å². The molecule has 3 fully saturated rings. The molecule has 4 rings (SSSR count). The summed E-state index contributed by atoms with van der Waals surface area (Å²) in [4.78, 5) is 33.7. The van der Waals surface area contributed by atoms with Crippen LogP contribution in [0.25, 0.3) is 0 Å². The normalized spacial score (nSPS) is 30.7. The third-order valence-corrected chi connectivity index (χ3v) is 6.07. The van der Waals surface area contributed by atoms with Crippen molar-refractivity contribution < 1.29 is 9.59 Å². The fourth-order valence-electron chi connectivity index (χ4n) is 4.97. The van der Waals surface area contributed by atoms with E-state index in [9.17, 15) is 9.59 Å². The summed E-state index contributed by atoms with van der Waals surface area (Å²) in [6, 6.07) is 6.04. The number of hydrogen-bond donors (Lipinski definition) is 1. The molecule has 3 heterocycles. The van der Waals surface area contributed by atoms with Crippen LogP contribution in [0.15, 0.2) is 18.2 Å². The van der Waals surface area contributed by atoms with E-state index in [-0.39, 0.29) is 30.4 Å². The summed E-state index contributed by atoms with van der Waals surface area (Å²) in [5.74, 6) is 0.354. The number of nitrogens with one attached hydrogen (secondary N) is 1. The van der Waals surface area contributed by atoms with Gasteiger partial charge in [0.1, 0.15) is 18.5 Å². The predicted octanol–water partition coefficient (Wildman–Crippen LogP) is 1.95. The van der Waals surface area contributed by atoms with Crippen LogP contribution >= 0.6 is 0 Å². The van der Waals surface area contributed by atoms with Gasteiger partial charge < -0.3 is 9.80 Å². The molecule has 0 aromatic heterocycles. The first-order chi connectivity index (χ1) is 13.3. The van der Waals surface area contributed by atoms with E-state index in [0.29, 0.717) is 12.5 Å². The van der Waals surface area contributed by atoms with Crippen molar-refractivity contribution in [3.8, 4) is 0 Å². The number of carbonyl (C=O) groups excluding carboxylic acids is 2. The lowest BCUT2D eigenvalue weighted by molar-refractivity contribution is -0.138. The van der Waals surface area contributed by atoms with E-state index in [2.05, 4.69) is 54.1 Å². The molecule has 3 saturated heterocycles. The lowest BCUT2D eigenvalue weighted by Gasteiger charge is -2.46. The van der Waals surface area contributed by atoms with Gasteiger partial charge in [0.05, 0.1) is 0 Å². The van der Waals surface area contributed by atoms with Gasteiger partial charge in [-0.05, 0) is 49.4 Å². The summed E-state index contributed by atoms with van der Waals surface area (Å²) in [7, 11) is 1.80. The minimum atomic E-state index is -0.338. The third kappa shape index (κ3) is 2.97. The molecule has 4 atom stereocenters. The highest BCUT2D eigenvalue weighted by Gasteiger charge is 2.56. The molecule has 3 amide bonds. The van der Waals surface area contributed by atoms with Gasteiger partial charge in [-0.2, -0.15) is 0 Å². The van der Waals surface area contributed by atoms with Gasteiger partial charge in [-0.25, -0.2) is 4.79 Å². The van der Waals surface area contributed by atoms with E-state index in [1.165, 1.54) is 16.0 Å². The first-order valence-electron chi connectivity index (χ1n) is 10.3. The SMILES string of the molecule is CCCN1C(=O)C2C(NC3N(c4cc(C)cc(C)c4)CC(C)CN23)N(C)C1=O. The number of imide groups is 1. The fraction of sp³-hybridized carbons (Fsp3) is 0.619. The summed E-state index contributed by atoms with van der Waals surface area (Å²) in [5, 5.41) is 3.59. The topological polar surface area (TPSA) is 59.1 Å². The van der Waals surface area contributed by atoms with Crippen molar-refractivity contribution in [2.24, 2.45) is 5.92 Å². The summed E-state index contributed by atoms with van der Waals surface area (Å²) >= 11 is 0. The van der Waals surface area contributed by atoms with Crippen molar-refractivity contribution in [2.75, 3.05) is 31.6 Å². The molecule has 4 unspecified atom stereocenters. The Morgan fingerprint density at radius 1 is 1.11 bits per heavy atom. The van der Waals surface area contributed by atoms with E-state index in [1.807, 2.05) is 6.92 Å². The number of aryl methyl sites for hydroxylation is 2. The van der Waals surface area contributed by atoms with Crippen molar-refractivity contribution in [3.05, 3.63) is 29.3 Å². The molecule has 1 N–H and O–H groups in total. The molecule has 7 heteroatoms. The van der Waals surface area contributed by atoms with Crippen LogP contribution in [-0.2, 0) is 4.79 Å². The second-order valence-corrected chi connectivity index (χ2v) is 8.61. The molecule has 0 aliphatic carbocycles. The number of rotatable bonds is 3. The molecule has 7 nitrogen and oxygen atoms in total. The number of nitrogens with zero attached hydrogens (tertiary/aromatic N) is 4. The van der Waals surface area contributed by atoms with Gasteiger partial charge >= 0.3 is 6.03 Å². The highest BCUT2D eigenvalue weighted by molar-refractivity contribution is 6.00. The smallest absolute Gasteiger partial charge is 0.327 e. The summed E-state index contributed by atoms with van der Waals surface area (Å²) < 4.78 is 0. The number of fused-ring (bicyclic) bond motifs is 3. The number of benzene rings is 1. The summed E-state index contributed by atoms with van der Waals surface area (Å²) in [6.07, 6.45) is 0.384. The zero-order valence-electron chi connectivity index (χ0n) is 17.5. The molecule has 0 spiro atoms. The highest BCUT2D eigenvalue weighted by Crippen LogP contribution is 2.35. The number of carbonyl (C=O) groups is 2. The monoisotopic (exact) mass is 385 g/mol. The van der Waals surface area contributed by atoms with Crippen LogP contribution in [0.4, 0.5) is 10.5 Å². The molecule has 1 aromatic rings. The lowest BCUT2D eigenvalue weighted by atomic mass is 10.0. The van der Waals surface area contributed by atoms with Crippen LogP contribution in [0.5, 0.6) is 0 Å². The quantitative estimate of drug-likeness (QED) is 0.862. The average Bonchev–Trinajstić information content (AvgIpc) is 3.01. The molecular formula is C21H31N5O2. The maximum Gasteiger partial charge on any atom is 0.327 e. The second kappa shape index (κ2) is 7.04. The van der Waals surface area contributed by atoms with E-state index in [4.69, 9.17) is 0 Å². The van der Waals surface area contributed by atoms with Gasteiger partial charge in [0.25, 0.3) is 5.91 Å². The van der Waals surface area contributed by atoms with E-state index >= 15 is 0 Å². The fourth-order valence-corrected chi connectivity index (χ4v) is 4.97. The Labute approximate surface area is 167 Å². The van der Waals surface area contributed by atoms with Crippen molar-refractivity contribution in [1.29, 1.82) is 0 Å².